The van der Waals surface area contributed by atoms with Gasteiger partial charge < -0.3 is 19.8 Å². The maximum absolute atomic E-state index is 13.1. The average molecular weight is 499 g/mol. The lowest BCUT2D eigenvalue weighted by molar-refractivity contribution is -0.147. The van der Waals surface area contributed by atoms with Crippen molar-refractivity contribution < 1.29 is 23.9 Å². The molecule has 10 heteroatoms. The molecule has 2 atom stereocenters. The third-order valence-corrected chi connectivity index (χ3v) is 7.47. The molecule has 0 saturated carbocycles. The minimum Gasteiger partial charge on any atom is -0.460 e. The van der Waals surface area contributed by atoms with Crippen molar-refractivity contribution in [3.8, 4) is 0 Å². The molecule has 186 valence electrons. The van der Waals surface area contributed by atoms with Crippen LogP contribution in [0, 0.1) is 5.41 Å². The minimum absolute atomic E-state index is 0.120. The Morgan fingerprint density at radius 2 is 1.86 bits per heavy atom. The summed E-state index contributed by atoms with van der Waals surface area (Å²) in [5.74, 6) is -0.519. The van der Waals surface area contributed by atoms with Gasteiger partial charge in [0.05, 0.1) is 18.3 Å². The van der Waals surface area contributed by atoms with Gasteiger partial charge in [0, 0.05) is 37.6 Å². The summed E-state index contributed by atoms with van der Waals surface area (Å²) in [5.41, 5.74) is 3.02. The fourth-order valence-corrected chi connectivity index (χ4v) is 5.25. The first-order chi connectivity index (χ1) is 16.9. The van der Waals surface area contributed by atoms with E-state index in [0.717, 1.165) is 11.1 Å². The lowest BCUT2D eigenvalue weighted by Gasteiger charge is -2.34. The number of esters is 1. The Morgan fingerprint density at radius 3 is 2.54 bits per heavy atom. The molecule has 4 rings (SSSR count). The van der Waals surface area contributed by atoms with Gasteiger partial charge in [-0.3, -0.25) is 19.4 Å². The van der Waals surface area contributed by atoms with Gasteiger partial charge in [0.2, 0.25) is 0 Å². The van der Waals surface area contributed by atoms with Gasteiger partial charge in [-0.2, -0.15) is 11.8 Å². The molecule has 2 aliphatic heterocycles. The number of cyclic esters (lactones) is 1. The number of nitrogens with zero attached hydrogens (tertiary/aromatic N) is 3. The Bertz CT molecular complexity index is 1050. The fraction of sp³-hybridized carbons (Fsp3) is 0.440. The highest BCUT2D eigenvalue weighted by Gasteiger charge is 2.41. The summed E-state index contributed by atoms with van der Waals surface area (Å²) in [6.07, 6.45) is 3.95. The van der Waals surface area contributed by atoms with Gasteiger partial charge in [0.1, 0.15) is 6.61 Å². The van der Waals surface area contributed by atoms with Crippen LogP contribution in [0.4, 0.5) is 4.79 Å². The van der Waals surface area contributed by atoms with Crippen LogP contribution in [-0.4, -0.2) is 95.3 Å². The van der Waals surface area contributed by atoms with Crippen LogP contribution in [0.1, 0.15) is 12.5 Å². The number of carbonyl (C=O) groups excluding carboxylic acids is 3. The quantitative estimate of drug-likeness (QED) is 0.576. The second-order valence-corrected chi connectivity index (χ2v) is 9.65. The first-order valence-corrected chi connectivity index (χ1v) is 12.8. The van der Waals surface area contributed by atoms with Crippen molar-refractivity contribution in [2.75, 3.05) is 45.5 Å². The summed E-state index contributed by atoms with van der Waals surface area (Å²) in [5, 5.41) is 7.96. The predicted octanol–water partition coefficient (Wildman–Crippen LogP) is 2.29. The van der Waals surface area contributed by atoms with Crippen molar-refractivity contribution in [2.45, 2.75) is 24.9 Å². The zero-order valence-corrected chi connectivity index (χ0v) is 20.8. The van der Waals surface area contributed by atoms with Crippen LogP contribution in [0.15, 0.2) is 53.8 Å². The van der Waals surface area contributed by atoms with E-state index in [4.69, 9.17) is 14.9 Å². The van der Waals surface area contributed by atoms with Gasteiger partial charge in [0.15, 0.2) is 6.10 Å². The van der Waals surface area contributed by atoms with E-state index < -0.39 is 12.2 Å². The monoisotopic (exact) mass is 498 g/mol. The molecule has 1 aromatic carbocycles. The predicted molar refractivity (Wildman–Crippen MR) is 133 cm³/mol. The van der Waals surface area contributed by atoms with E-state index in [2.05, 4.69) is 0 Å². The molecule has 0 aromatic heterocycles. The highest BCUT2D eigenvalue weighted by atomic mass is 32.2. The van der Waals surface area contributed by atoms with Crippen molar-refractivity contribution in [3.63, 3.8) is 0 Å². The van der Waals surface area contributed by atoms with Crippen molar-refractivity contribution >= 4 is 35.4 Å². The molecule has 1 aromatic rings. The number of carbonyl (C=O) groups is 3. The minimum atomic E-state index is -0.868. The van der Waals surface area contributed by atoms with Gasteiger partial charge in [-0.25, -0.2) is 4.79 Å². The van der Waals surface area contributed by atoms with Gasteiger partial charge in [-0.1, -0.05) is 30.3 Å². The Labute approximate surface area is 209 Å². The molecule has 0 bridgehead atoms. The second-order valence-electron chi connectivity index (χ2n) is 8.70. The molecule has 2 fully saturated rings. The van der Waals surface area contributed by atoms with E-state index in [9.17, 15) is 14.4 Å². The Morgan fingerprint density at radius 1 is 1.14 bits per heavy atom. The van der Waals surface area contributed by atoms with Crippen LogP contribution >= 0.6 is 11.8 Å². The maximum atomic E-state index is 13.1. The summed E-state index contributed by atoms with van der Waals surface area (Å²) < 4.78 is 10.8. The number of nitrogens with one attached hydrogen (secondary N) is 1. The summed E-state index contributed by atoms with van der Waals surface area (Å²) in [6, 6.07) is 9.52. The molecule has 1 aliphatic carbocycles. The number of piperazine rings is 1. The molecule has 2 heterocycles. The largest absolute Gasteiger partial charge is 0.460 e. The molecule has 3 aliphatic rings. The molecule has 2 saturated heterocycles. The van der Waals surface area contributed by atoms with E-state index in [1.165, 1.54) is 16.7 Å². The van der Waals surface area contributed by atoms with Gasteiger partial charge >= 0.3 is 12.1 Å². The smallest absolute Gasteiger partial charge is 0.415 e. The van der Waals surface area contributed by atoms with Crippen LogP contribution in [0.2, 0.25) is 0 Å². The van der Waals surface area contributed by atoms with Crippen LogP contribution in [0.5, 0.6) is 0 Å². The van der Waals surface area contributed by atoms with Gasteiger partial charge in [0.25, 0.3) is 5.91 Å². The number of hydrogen-bond donors (Lipinski definition) is 1. The summed E-state index contributed by atoms with van der Waals surface area (Å²) in [7, 11) is 0. The first kappa shape index (κ1) is 25.0. The lowest BCUT2D eigenvalue weighted by atomic mass is 10.0. The van der Waals surface area contributed by atoms with E-state index in [1.54, 1.807) is 17.1 Å². The standard InChI is InChI=1S/C25H30N4O5S/c1-17-20(9-8-19(26)23(17)35-2)29-14-21(34-25(29)32)24(31)28-12-10-27(11-13-28)15-22(30)33-16-18-6-4-3-5-7-18/h3-9,21,23,26H,10-16H2,1-2H3. The molecule has 9 nitrogen and oxygen atoms in total. The van der Waals surface area contributed by atoms with Crippen LogP contribution < -0.4 is 0 Å². The Hall–Kier alpha value is -3.11. The number of rotatable bonds is 7. The molecule has 0 radical (unpaired) electrons. The van der Waals surface area contributed by atoms with Crippen molar-refractivity contribution in [1.29, 1.82) is 5.41 Å². The number of hydrogen-bond acceptors (Lipinski definition) is 8. The zero-order valence-electron chi connectivity index (χ0n) is 19.9. The number of allylic oxidation sites excluding steroid dienone is 2. The van der Waals surface area contributed by atoms with E-state index in [-0.39, 0.29) is 36.8 Å². The zero-order chi connectivity index (χ0) is 24.9. The van der Waals surface area contributed by atoms with E-state index >= 15 is 0 Å². The molecule has 35 heavy (non-hydrogen) atoms. The Balaban J connectivity index is 1.26. The molecule has 2 amide bonds. The molecular formula is C25H30N4O5S. The summed E-state index contributed by atoms with van der Waals surface area (Å²) in [6.45, 7) is 4.45. The van der Waals surface area contributed by atoms with Crippen molar-refractivity contribution in [3.05, 3.63) is 59.3 Å². The third-order valence-electron chi connectivity index (χ3n) is 6.39. The number of thioether (sulfide) groups is 1. The average Bonchev–Trinajstić information content (AvgIpc) is 3.25. The molecule has 2 unspecified atom stereocenters. The van der Waals surface area contributed by atoms with Crippen molar-refractivity contribution in [1.82, 2.24) is 14.7 Å². The molecule has 1 N–H and O–H groups in total. The summed E-state index contributed by atoms with van der Waals surface area (Å²) in [4.78, 5) is 43.0. The van der Waals surface area contributed by atoms with Gasteiger partial charge in [-0.05, 0) is 36.5 Å². The second kappa shape index (κ2) is 11.1. The highest BCUT2D eigenvalue weighted by Crippen LogP contribution is 2.30. The van der Waals surface area contributed by atoms with Crippen LogP contribution in [0.3, 0.4) is 0 Å². The van der Waals surface area contributed by atoms with Crippen LogP contribution in [-0.2, 0) is 25.7 Å². The van der Waals surface area contributed by atoms with Gasteiger partial charge in [-0.15, -0.1) is 0 Å². The van der Waals surface area contributed by atoms with Crippen LogP contribution in [0.25, 0.3) is 0 Å². The maximum Gasteiger partial charge on any atom is 0.415 e. The number of benzene rings is 1. The summed E-state index contributed by atoms with van der Waals surface area (Å²) >= 11 is 1.54. The number of amides is 2. The van der Waals surface area contributed by atoms with E-state index in [0.29, 0.717) is 37.6 Å². The first-order valence-electron chi connectivity index (χ1n) is 11.6. The lowest BCUT2D eigenvalue weighted by Crippen LogP contribution is -2.53. The fourth-order valence-electron chi connectivity index (χ4n) is 4.45. The molecular weight excluding hydrogens is 468 g/mol. The highest BCUT2D eigenvalue weighted by molar-refractivity contribution is 8.00. The normalized spacial score (nSPS) is 23.0. The topological polar surface area (TPSA) is 103 Å². The Kier molecular flexibility index (Phi) is 7.92. The number of ether oxygens (including phenoxy) is 2. The third kappa shape index (κ3) is 5.76. The van der Waals surface area contributed by atoms with E-state index in [1.807, 2.05) is 48.4 Å². The van der Waals surface area contributed by atoms with Crippen molar-refractivity contribution in [2.24, 2.45) is 0 Å². The molecule has 0 spiro atoms. The SMILES string of the molecule is CSC1C(=N)C=CC(N2CC(C(=O)N3CCN(CC(=O)OCc4ccccc4)CC3)OC2=O)=C1C.